The van der Waals surface area contributed by atoms with Gasteiger partial charge in [-0.3, -0.25) is 9.69 Å². The number of carbonyl (C=O) groups is 1. The number of benzene rings is 2. The van der Waals surface area contributed by atoms with Crippen LogP contribution in [0.2, 0.25) is 0 Å². The first-order valence-electron chi connectivity index (χ1n) is 10.3. The molecule has 2 aromatic carbocycles. The second-order valence-corrected chi connectivity index (χ2v) is 8.59. The van der Waals surface area contributed by atoms with Crippen LogP contribution in [0, 0.1) is 13.8 Å². The van der Waals surface area contributed by atoms with Gasteiger partial charge in [0.1, 0.15) is 0 Å². The summed E-state index contributed by atoms with van der Waals surface area (Å²) in [6, 6.07) is 14.5. The number of amidine groups is 1. The molecule has 0 saturated carbocycles. The van der Waals surface area contributed by atoms with Crippen molar-refractivity contribution in [1.82, 2.24) is 4.90 Å². The number of anilines is 1. The molecule has 4 rings (SSSR count). The summed E-state index contributed by atoms with van der Waals surface area (Å²) in [5.74, 6) is 0.0334. The van der Waals surface area contributed by atoms with Gasteiger partial charge in [-0.15, -0.1) is 0 Å². The van der Waals surface area contributed by atoms with Crippen molar-refractivity contribution in [3.8, 4) is 0 Å². The Kier molecular flexibility index (Phi) is 5.76. The van der Waals surface area contributed by atoms with Gasteiger partial charge in [-0.1, -0.05) is 24.3 Å². The summed E-state index contributed by atoms with van der Waals surface area (Å²) in [7, 11) is 0. The fraction of sp³-hybridized carbons (Fsp3) is 0.333. The molecule has 0 radical (unpaired) electrons. The normalized spacial score (nSPS) is 19.8. The first-order chi connectivity index (χ1) is 14.1. The van der Waals surface area contributed by atoms with Crippen LogP contribution in [-0.2, 0) is 4.79 Å². The Morgan fingerprint density at radius 3 is 2.52 bits per heavy atom. The summed E-state index contributed by atoms with van der Waals surface area (Å²) in [6.45, 7) is 9.07. The zero-order valence-corrected chi connectivity index (χ0v) is 18.1. The third-order valence-corrected chi connectivity index (χ3v) is 6.51. The molecule has 2 aromatic rings. The topological polar surface area (TPSA) is 35.9 Å². The van der Waals surface area contributed by atoms with Crippen LogP contribution in [0.15, 0.2) is 52.4 Å². The highest BCUT2D eigenvalue weighted by Gasteiger charge is 2.32. The van der Waals surface area contributed by atoms with Crippen molar-refractivity contribution in [2.75, 3.05) is 24.5 Å². The summed E-state index contributed by atoms with van der Waals surface area (Å²) in [5.41, 5.74) is 5.65. The minimum Gasteiger partial charge on any atom is -0.371 e. The lowest BCUT2D eigenvalue weighted by atomic mass is 10.1. The van der Waals surface area contributed by atoms with Crippen molar-refractivity contribution < 1.29 is 4.79 Å². The van der Waals surface area contributed by atoms with Gasteiger partial charge in [0, 0.05) is 25.3 Å². The molecule has 2 saturated heterocycles. The third-order valence-electron chi connectivity index (χ3n) is 5.50. The molecule has 5 heteroatoms. The van der Waals surface area contributed by atoms with Crippen molar-refractivity contribution >= 4 is 40.3 Å². The smallest absolute Gasteiger partial charge is 0.266 e. The Morgan fingerprint density at radius 2 is 1.83 bits per heavy atom. The fourth-order valence-electron chi connectivity index (χ4n) is 3.89. The highest BCUT2D eigenvalue weighted by Crippen LogP contribution is 2.35. The maximum atomic E-state index is 12.9. The predicted octanol–water partition coefficient (Wildman–Crippen LogP) is 5.53. The van der Waals surface area contributed by atoms with Gasteiger partial charge in [-0.2, -0.15) is 0 Å². The van der Waals surface area contributed by atoms with E-state index < -0.39 is 0 Å². The first-order valence-corrected chi connectivity index (χ1v) is 11.1. The van der Waals surface area contributed by atoms with Crippen molar-refractivity contribution in [1.29, 1.82) is 0 Å². The Balaban J connectivity index is 1.61. The molecule has 150 valence electrons. The Bertz CT molecular complexity index is 989. The lowest BCUT2D eigenvalue weighted by Gasteiger charge is -2.20. The summed E-state index contributed by atoms with van der Waals surface area (Å²) in [5, 5.41) is 0.753. The number of thioether (sulfide) groups is 1. The molecule has 29 heavy (non-hydrogen) atoms. The van der Waals surface area contributed by atoms with Crippen molar-refractivity contribution in [2.45, 2.75) is 33.6 Å². The summed E-state index contributed by atoms with van der Waals surface area (Å²) in [6.07, 6.45) is 4.54. The molecular weight excluding hydrogens is 378 g/mol. The molecule has 2 aliphatic rings. The Labute approximate surface area is 177 Å². The summed E-state index contributed by atoms with van der Waals surface area (Å²) >= 11 is 1.46. The second-order valence-electron chi connectivity index (χ2n) is 7.58. The number of para-hydroxylation sites is 1. The first kappa shape index (κ1) is 19.8. The quantitative estimate of drug-likeness (QED) is 0.628. The van der Waals surface area contributed by atoms with E-state index in [1.54, 1.807) is 4.90 Å². The van der Waals surface area contributed by atoms with E-state index in [4.69, 9.17) is 4.99 Å². The zero-order chi connectivity index (χ0) is 20.4. The lowest BCUT2D eigenvalue weighted by molar-refractivity contribution is -0.122. The molecule has 2 heterocycles. The van der Waals surface area contributed by atoms with Crippen LogP contribution in [0.25, 0.3) is 6.08 Å². The van der Waals surface area contributed by atoms with Crippen LogP contribution < -0.4 is 4.90 Å². The number of rotatable bonds is 4. The zero-order valence-electron chi connectivity index (χ0n) is 17.3. The molecule has 0 bridgehead atoms. The van der Waals surface area contributed by atoms with E-state index in [2.05, 4.69) is 30.0 Å². The molecule has 0 aromatic heterocycles. The van der Waals surface area contributed by atoms with E-state index in [0.717, 1.165) is 40.0 Å². The number of amides is 1. The van der Waals surface area contributed by atoms with E-state index in [0.29, 0.717) is 6.54 Å². The van der Waals surface area contributed by atoms with Gasteiger partial charge in [-0.05, 0) is 86.3 Å². The third kappa shape index (κ3) is 4.10. The minimum atomic E-state index is 0.0334. The van der Waals surface area contributed by atoms with Crippen molar-refractivity contribution in [3.05, 3.63) is 64.1 Å². The molecule has 0 N–H and O–H groups in total. The molecular formula is C24H27N3OS. The molecule has 0 aliphatic carbocycles. The standard InChI is InChI=1S/C24H27N3OS/c1-4-27-23(28)22(29-24(27)25-20-10-6-5-9-17(20)2)16-19-11-12-21(18(3)15-19)26-13-7-8-14-26/h5-6,9-12,15-16H,4,7-8,13-14H2,1-3H3/b22-16+,25-24?. The van der Waals surface area contributed by atoms with E-state index in [9.17, 15) is 4.79 Å². The molecule has 0 atom stereocenters. The van der Waals surface area contributed by atoms with Crippen molar-refractivity contribution in [3.63, 3.8) is 0 Å². The van der Waals surface area contributed by atoms with Crippen LogP contribution in [0.5, 0.6) is 0 Å². The number of aliphatic imine (C=N–C) groups is 1. The van der Waals surface area contributed by atoms with Gasteiger partial charge < -0.3 is 4.90 Å². The Hall–Kier alpha value is -2.53. The SMILES string of the molecule is CCN1C(=O)/C(=C\c2ccc(N3CCCC3)c(C)c2)SC1=Nc1ccccc1C. The van der Waals surface area contributed by atoms with Crippen LogP contribution in [0.3, 0.4) is 0 Å². The predicted molar refractivity (Wildman–Crippen MR) is 124 cm³/mol. The number of likely N-dealkylation sites (N-methyl/N-ethyl adjacent to an activating group) is 1. The van der Waals surface area contributed by atoms with Gasteiger partial charge in [0.2, 0.25) is 0 Å². The van der Waals surface area contributed by atoms with Gasteiger partial charge in [0.15, 0.2) is 5.17 Å². The van der Waals surface area contributed by atoms with Crippen LogP contribution >= 0.6 is 11.8 Å². The van der Waals surface area contributed by atoms with Gasteiger partial charge in [0.05, 0.1) is 10.6 Å². The number of hydrogen-bond acceptors (Lipinski definition) is 4. The largest absolute Gasteiger partial charge is 0.371 e. The summed E-state index contributed by atoms with van der Waals surface area (Å²) < 4.78 is 0. The fourth-order valence-corrected chi connectivity index (χ4v) is 4.95. The monoisotopic (exact) mass is 405 g/mol. The van der Waals surface area contributed by atoms with Crippen LogP contribution in [-0.4, -0.2) is 35.6 Å². The molecule has 4 nitrogen and oxygen atoms in total. The number of aryl methyl sites for hydroxylation is 2. The van der Waals surface area contributed by atoms with Crippen molar-refractivity contribution in [2.24, 2.45) is 4.99 Å². The van der Waals surface area contributed by atoms with E-state index in [-0.39, 0.29) is 5.91 Å². The average Bonchev–Trinajstić information content (AvgIpc) is 3.33. The molecule has 1 amide bonds. The maximum absolute atomic E-state index is 12.9. The second kappa shape index (κ2) is 8.46. The van der Waals surface area contributed by atoms with E-state index >= 15 is 0 Å². The highest BCUT2D eigenvalue weighted by atomic mass is 32.2. The Morgan fingerprint density at radius 1 is 1.07 bits per heavy atom. The maximum Gasteiger partial charge on any atom is 0.266 e. The summed E-state index contributed by atoms with van der Waals surface area (Å²) in [4.78, 5) is 22.6. The van der Waals surface area contributed by atoms with Crippen LogP contribution in [0.1, 0.15) is 36.5 Å². The van der Waals surface area contributed by atoms with Gasteiger partial charge in [0.25, 0.3) is 5.91 Å². The minimum absolute atomic E-state index is 0.0334. The number of hydrogen-bond donors (Lipinski definition) is 0. The highest BCUT2D eigenvalue weighted by molar-refractivity contribution is 8.18. The molecule has 0 unspecified atom stereocenters. The van der Waals surface area contributed by atoms with E-state index in [1.165, 1.54) is 35.9 Å². The average molecular weight is 406 g/mol. The van der Waals surface area contributed by atoms with Crippen LogP contribution in [0.4, 0.5) is 11.4 Å². The molecule has 2 fully saturated rings. The number of carbonyl (C=O) groups excluding carboxylic acids is 1. The molecule has 2 aliphatic heterocycles. The van der Waals surface area contributed by atoms with E-state index in [1.807, 2.05) is 44.2 Å². The lowest BCUT2D eigenvalue weighted by Crippen LogP contribution is -2.28. The van der Waals surface area contributed by atoms with Gasteiger partial charge in [-0.25, -0.2) is 4.99 Å². The molecule has 0 spiro atoms. The van der Waals surface area contributed by atoms with Gasteiger partial charge >= 0.3 is 0 Å². The number of nitrogens with zero attached hydrogens (tertiary/aromatic N) is 3.